The van der Waals surface area contributed by atoms with Crippen molar-refractivity contribution in [2.45, 2.75) is 0 Å². The zero-order valence-corrected chi connectivity index (χ0v) is 5.20. The van der Waals surface area contributed by atoms with E-state index in [2.05, 4.69) is 0 Å². The molecule has 1 nitrogen and oxygen atoms in total. The molecular weight excluding hydrogens is 82.0 g/mol. The summed E-state index contributed by atoms with van der Waals surface area (Å²) in [5.74, 6) is 0. The fraction of sp³-hybridized carbons (Fsp3) is 1.00. The van der Waals surface area contributed by atoms with Crippen LogP contribution in [0.5, 0.6) is 0 Å². The van der Waals surface area contributed by atoms with E-state index < -0.39 is 13.3 Å². The number of halogens is 1. The Morgan fingerprint density at radius 2 is 1.80 bits per heavy atom. The summed E-state index contributed by atoms with van der Waals surface area (Å²) in [5, 5.41) is 8.92. The topological polar surface area (TPSA) is 23.1 Å². The van der Waals surface area contributed by atoms with Crippen molar-refractivity contribution in [3.63, 3.8) is 0 Å². The summed E-state index contributed by atoms with van der Waals surface area (Å²) >= 11 is 0. The van der Waals surface area contributed by atoms with Crippen molar-refractivity contribution in [2.75, 3.05) is 13.3 Å². The van der Waals surface area contributed by atoms with E-state index in [1.807, 2.05) is 0 Å². The van der Waals surface area contributed by atoms with Gasteiger partial charge in [-0.15, -0.1) is 6.61 Å². The summed E-state index contributed by atoms with van der Waals surface area (Å²) in [6, 6.07) is 0. The molecule has 0 aliphatic rings. The Kier molecular flexibility index (Phi) is 16.5. The summed E-state index contributed by atoms with van der Waals surface area (Å²) in [6.45, 7) is -1.33. The first-order valence-corrected chi connectivity index (χ1v) is 1.06. The van der Waals surface area contributed by atoms with Crippen LogP contribution in [0.3, 0.4) is 0 Å². The molecule has 0 aliphatic carbocycles. The van der Waals surface area contributed by atoms with Gasteiger partial charge < -0.3 is 5.11 Å². The number of hydrogen-bond donors (Lipinski definition) is 0. The smallest absolute Gasteiger partial charge is 0.853 e. The maximum atomic E-state index is 10.4. The summed E-state index contributed by atoms with van der Waals surface area (Å²) < 4.78 is 10.4. The minimum atomic E-state index is -0.736. The molecule has 0 saturated carbocycles. The Labute approximate surface area is 52.5 Å². The molecule has 0 N–H and O–H groups in total. The Hall–Kier alpha value is 0.890. The molecule has 26 valence electrons. The van der Waals surface area contributed by atoms with Gasteiger partial charge in [-0.2, -0.15) is 0 Å². The zero-order chi connectivity index (χ0) is 3.41. The average molecular weight is 86.0 g/mol. The SMILES string of the molecule is [Na+].[O-]CCF. The Bertz CT molecular complexity index is 11.6. The van der Waals surface area contributed by atoms with Crippen LogP contribution >= 0.6 is 0 Å². The van der Waals surface area contributed by atoms with Gasteiger partial charge in [0.1, 0.15) is 0 Å². The van der Waals surface area contributed by atoms with Gasteiger partial charge >= 0.3 is 29.6 Å². The molecule has 0 fully saturated rings. The van der Waals surface area contributed by atoms with Crippen molar-refractivity contribution in [1.29, 1.82) is 0 Å². The Morgan fingerprint density at radius 3 is 1.80 bits per heavy atom. The predicted molar refractivity (Wildman–Crippen MR) is 10.8 cm³/mol. The molecule has 0 saturated heterocycles. The van der Waals surface area contributed by atoms with Gasteiger partial charge in [-0.05, 0) is 0 Å². The van der Waals surface area contributed by atoms with Crippen molar-refractivity contribution in [2.24, 2.45) is 0 Å². The second kappa shape index (κ2) is 8.86. The van der Waals surface area contributed by atoms with Crippen molar-refractivity contribution in [3.8, 4) is 0 Å². The van der Waals surface area contributed by atoms with Crippen LogP contribution in [-0.2, 0) is 0 Å². The van der Waals surface area contributed by atoms with Crippen molar-refractivity contribution < 1.29 is 39.1 Å². The van der Waals surface area contributed by atoms with Crippen molar-refractivity contribution in [1.82, 2.24) is 0 Å². The van der Waals surface area contributed by atoms with Crippen LogP contribution in [0.15, 0.2) is 0 Å². The van der Waals surface area contributed by atoms with E-state index in [1.54, 1.807) is 0 Å². The molecule has 0 spiro atoms. The van der Waals surface area contributed by atoms with Crippen molar-refractivity contribution >= 4 is 0 Å². The second-order valence-corrected chi connectivity index (χ2v) is 0.393. The molecule has 0 amide bonds. The minimum absolute atomic E-state index is 0. The van der Waals surface area contributed by atoms with Crippen molar-refractivity contribution in [3.05, 3.63) is 0 Å². The van der Waals surface area contributed by atoms with Crippen LogP contribution in [0, 0.1) is 0 Å². The van der Waals surface area contributed by atoms with Crippen LogP contribution in [0.2, 0.25) is 0 Å². The Balaban J connectivity index is 0. The van der Waals surface area contributed by atoms with E-state index in [0.29, 0.717) is 0 Å². The molecule has 0 aromatic carbocycles. The van der Waals surface area contributed by atoms with E-state index in [1.165, 1.54) is 0 Å². The van der Waals surface area contributed by atoms with Gasteiger partial charge in [0.2, 0.25) is 0 Å². The van der Waals surface area contributed by atoms with Gasteiger partial charge in [0.25, 0.3) is 0 Å². The molecule has 0 aromatic heterocycles. The summed E-state index contributed by atoms with van der Waals surface area (Å²) in [6.07, 6.45) is 0. The third-order valence-electron chi connectivity index (χ3n) is 0.0772. The normalized spacial score (nSPS) is 6.00. The molecular formula is C2H4FNaO. The first kappa shape index (κ1) is 9.31. The van der Waals surface area contributed by atoms with E-state index in [-0.39, 0.29) is 29.6 Å². The molecule has 0 rings (SSSR count). The van der Waals surface area contributed by atoms with Crippen LogP contribution < -0.4 is 34.7 Å². The Morgan fingerprint density at radius 1 is 1.60 bits per heavy atom. The molecule has 0 atom stereocenters. The van der Waals surface area contributed by atoms with Crippen LogP contribution in [0.25, 0.3) is 0 Å². The third-order valence-corrected chi connectivity index (χ3v) is 0.0772. The van der Waals surface area contributed by atoms with Gasteiger partial charge in [0, 0.05) is 0 Å². The quantitative estimate of drug-likeness (QED) is 0.301. The number of rotatable bonds is 1. The van der Waals surface area contributed by atoms with Crippen LogP contribution in [0.1, 0.15) is 0 Å². The van der Waals surface area contributed by atoms with E-state index in [4.69, 9.17) is 5.11 Å². The summed E-state index contributed by atoms with van der Waals surface area (Å²) in [7, 11) is 0. The molecule has 0 aliphatic heterocycles. The van der Waals surface area contributed by atoms with E-state index >= 15 is 0 Å². The largest absolute Gasteiger partial charge is 1.00 e. The van der Waals surface area contributed by atoms with E-state index in [0.717, 1.165) is 0 Å². The molecule has 0 aromatic rings. The van der Waals surface area contributed by atoms with E-state index in [9.17, 15) is 4.39 Å². The maximum absolute atomic E-state index is 10.4. The molecule has 5 heavy (non-hydrogen) atoms. The maximum Gasteiger partial charge on any atom is 1.00 e. The number of alkyl halides is 1. The first-order chi connectivity index (χ1) is 1.91. The minimum Gasteiger partial charge on any atom is -0.853 e. The molecule has 0 heterocycles. The summed E-state index contributed by atoms with van der Waals surface area (Å²) in [4.78, 5) is 0. The standard InChI is InChI=1S/C2H4FO.Na/c3-1-2-4;/h1-2H2;/q-1;+1. The molecule has 0 bridgehead atoms. The number of hydrogen-bond acceptors (Lipinski definition) is 1. The molecule has 0 unspecified atom stereocenters. The van der Waals surface area contributed by atoms with Gasteiger partial charge in [0.15, 0.2) is 0 Å². The van der Waals surface area contributed by atoms with Gasteiger partial charge in [-0.1, -0.05) is 0 Å². The second-order valence-electron chi connectivity index (χ2n) is 0.393. The van der Waals surface area contributed by atoms with Crippen LogP contribution in [0.4, 0.5) is 4.39 Å². The fourth-order valence-corrected chi connectivity index (χ4v) is 0. The third kappa shape index (κ3) is 11.4. The average Bonchev–Trinajstić information content (AvgIpc) is 1.37. The van der Waals surface area contributed by atoms with Gasteiger partial charge in [-0.3, -0.25) is 4.39 Å². The monoisotopic (exact) mass is 86.0 g/mol. The fourth-order valence-electron chi connectivity index (χ4n) is 0. The van der Waals surface area contributed by atoms with Gasteiger partial charge in [0.05, 0.1) is 6.67 Å². The predicted octanol–water partition coefficient (Wildman–Crippen LogP) is -3.68. The molecule has 0 radical (unpaired) electrons. The van der Waals surface area contributed by atoms with Gasteiger partial charge in [-0.25, -0.2) is 0 Å². The first-order valence-electron chi connectivity index (χ1n) is 1.06. The molecule has 3 heteroatoms. The zero-order valence-electron chi connectivity index (χ0n) is 3.20. The van der Waals surface area contributed by atoms with Crippen LogP contribution in [-0.4, -0.2) is 13.3 Å². The summed E-state index contributed by atoms with van der Waals surface area (Å²) in [5.41, 5.74) is 0.